The summed E-state index contributed by atoms with van der Waals surface area (Å²) in [6.07, 6.45) is 0.939. The highest BCUT2D eigenvalue weighted by Crippen LogP contribution is 2.22. The van der Waals surface area contributed by atoms with Crippen LogP contribution in [0.1, 0.15) is 20.3 Å². The Bertz CT molecular complexity index is 246. The first-order valence-corrected chi connectivity index (χ1v) is 4.40. The van der Waals surface area contributed by atoms with Gasteiger partial charge >= 0.3 is 0 Å². The number of nitrogens with one attached hydrogen (secondary N) is 2. The molecule has 4 heteroatoms. The lowest BCUT2D eigenvalue weighted by Crippen LogP contribution is -2.63. The Hall–Kier alpha value is -1.10. The normalized spacial score (nSPS) is 40.0. The molecule has 13 heavy (non-hydrogen) atoms. The number of hydrogen-bond acceptors (Lipinski definition) is 4. The molecule has 0 spiro atoms. The molecule has 0 amide bonds. The van der Waals surface area contributed by atoms with E-state index in [1.165, 1.54) is 0 Å². The average molecular weight is 178 g/mol. The van der Waals surface area contributed by atoms with Gasteiger partial charge in [-0.2, -0.15) is 10.5 Å². The van der Waals surface area contributed by atoms with Crippen LogP contribution in [0.5, 0.6) is 0 Å². The molecule has 70 valence electrons. The summed E-state index contributed by atoms with van der Waals surface area (Å²) in [5.41, 5.74) is -1.61. The average Bonchev–Trinajstić information content (AvgIpc) is 2.29. The Labute approximate surface area is 78.5 Å². The molecule has 0 aromatic heterocycles. The minimum absolute atomic E-state index is 0.772. The summed E-state index contributed by atoms with van der Waals surface area (Å²) in [6, 6.07) is 4.33. The zero-order valence-electron chi connectivity index (χ0n) is 8.02. The van der Waals surface area contributed by atoms with E-state index in [1.54, 1.807) is 13.8 Å². The molecule has 1 fully saturated rings. The van der Waals surface area contributed by atoms with Gasteiger partial charge in [0.15, 0.2) is 0 Å². The zero-order valence-corrected chi connectivity index (χ0v) is 8.02. The van der Waals surface area contributed by atoms with E-state index < -0.39 is 11.1 Å². The first-order chi connectivity index (χ1) is 6.08. The molecule has 0 aromatic carbocycles. The fourth-order valence-electron chi connectivity index (χ4n) is 1.42. The molecule has 1 heterocycles. The second-order valence-electron chi connectivity index (χ2n) is 3.68. The smallest absolute Gasteiger partial charge is 0.135 e. The minimum atomic E-state index is -0.807. The van der Waals surface area contributed by atoms with Gasteiger partial charge in [0.1, 0.15) is 11.1 Å². The molecule has 0 bridgehead atoms. The van der Waals surface area contributed by atoms with Crippen LogP contribution in [-0.4, -0.2) is 24.2 Å². The van der Waals surface area contributed by atoms with E-state index in [-0.39, 0.29) is 0 Å². The number of nitriles is 2. The number of rotatable bonds is 0. The highest BCUT2D eigenvalue weighted by Gasteiger charge is 2.46. The van der Waals surface area contributed by atoms with Gasteiger partial charge in [-0.25, -0.2) is 0 Å². The van der Waals surface area contributed by atoms with Crippen molar-refractivity contribution in [1.29, 1.82) is 10.5 Å². The van der Waals surface area contributed by atoms with Gasteiger partial charge in [-0.1, -0.05) is 0 Å². The van der Waals surface area contributed by atoms with Crippen LogP contribution in [0, 0.1) is 22.7 Å². The maximum Gasteiger partial charge on any atom is 0.135 e. The predicted octanol–water partition coefficient (Wildman–Crippen LogP) is 0.134. The van der Waals surface area contributed by atoms with Crippen molar-refractivity contribution in [3.63, 3.8) is 0 Å². The zero-order chi connectivity index (χ0) is 9.95. The van der Waals surface area contributed by atoms with Crippen molar-refractivity contribution < 1.29 is 0 Å². The molecular weight excluding hydrogens is 164 g/mol. The molecule has 0 saturated carbocycles. The van der Waals surface area contributed by atoms with Crippen LogP contribution in [0.3, 0.4) is 0 Å². The van der Waals surface area contributed by atoms with Gasteiger partial charge in [0.2, 0.25) is 0 Å². The number of nitrogens with zero attached hydrogens (tertiary/aromatic N) is 2. The summed E-state index contributed by atoms with van der Waals surface area (Å²) in [7, 11) is 0. The van der Waals surface area contributed by atoms with Gasteiger partial charge < -0.3 is 0 Å². The van der Waals surface area contributed by atoms with Crippen molar-refractivity contribution in [2.45, 2.75) is 31.3 Å². The van der Waals surface area contributed by atoms with Crippen LogP contribution < -0.4 is 10.6 Å². The van der Waals surface area contributed by atoms with E-state index in [4.69, 9.17) is 10.5 Å². The largest absolute Gasteiger partial charge is 0.297 e. The van der Waals surface area contributed by atoms with E-state index in [1.807, 2.05) is 0 Å². The van der Waals surface area contributed by atoms with E-state index in [9.17, 15) is 0 Å². The standard InChI is InChI=1S/C9H14N4/c1-8(6-10)9(2,7-11)13-5-3-4-12-8/h12-13H,3-5H2,1-2H3. The highest BCUT2D eigenvalue weighted by molar-refractivity contribution is 5.27. The summed E-state index contributed by atoms with van der Waals surface area (Å²) in [5, 5.41) is 24.3. The van der Waals surface area contributed by atoms with Crippen LogP contribution >= 0.6 is 0 Å². The molecule has 4 nitrogen and oxygen atoms in total. The quantitative estimate of drug-likeness (QED) is 0.553. The summed E-state index contributed by atoms with van der Waals surface area (Å²) >= 11 is 0. The van der Waals surface area contributed by atoms with E-state index in [0.717, 1.165) is 19.5 Å². The van der Waals surface area contributed by atoms with E-state index in [0.29, 0.717) is 0 Å². The lowest BCUT2D eigenvalue weighted by molar-refractivity contribution is 0.299. The molecule has 2 unspecified atom stereocenters. The molecule has 1 aliphatic rings. The van der Waals surface area contributed by atoms with Crippen molar-refractivity contribution in [2.24, 2.45) is 0 Å². The molecule has 2 atom stereocenters. The third-order valence-corrected chi connectivity index (χ3v) is 2.76. The van der Waals surface area contributed by atoms with Gasteiger partial charge in [0.25, 0.3) is 0 Å². The van der Waals surface area contributed by atoms with Crippen molar-refractivity contribution >= 4 is 0 Å². The van der Waals surface area contributed by atoms with Gasteiger partial charge in [-0.3, -0.25) is 10.6 Å². The molecular formula is C9H14N4. The topological polar surface area (TPSA) is 71.6 Å². The first kappa shape index (κ1) is 9.98. The fourth-order valence-corrected chi connectivity index (χ4v) is 1.42. The molecule has 1 saturated heterocycles. The molecule has 1 rings (SSSR count). The third kappa shape index (κ3) is 1.51. The number of hydrogen-bond donors (Lipinski definition) is 2. The lowest BCUT2D eigenvalue weighted by atomic mass is 9.82. The SMILES string of the molecule is CC1(C#N)NCCCNC1(C)C#N. The van der Waals surface area contributed by atoms with Crippen LogP contribution in [0.4, 0.5) is 0 Å². The van der Waals surface area contributed by atoms with Crippen LogP contribution in [-0.2, 0) is 0 Å². The second kappa shape index (κ2) is 3.33. The Morgan fingerprint density at radius 2 is 1.38 bits per heavy atom. The maximum atomic E-state index is 9.04. The maximum absolute atomic E-state index is 9.04. The van der Waals surface area contributed by atoms with E-state index >= 15 is 0 Å². The fraction of sp³-hybridized carbons (Fsp3) is 0.778. The van der Waals surface area contributed by atoms with Gasteiger partial charge in [-0.05, 0) is 33.4 Å². The van der Waals surface area contributed by atoms with Crippen molar-refractivity contribution in [3.05, 3.63) is 0 Å². The monoisotopic (exact) mass is 178 g/mol. The van der Waals surface area contributed by atoms with E-state index in [2.05, 4.69) is 22.8 Å². The molecule has 0 aliphatic carbocycles. The first-order valence-electron chi connectivity index (χ1n) is 4.40. The van der Waals surface area contributed by atoms with Gasteiger partial charge in [0.05, 0.1) is 12.1 Å². The van der Waals surface area contributed by atoms with Crippen molar-refractivity contribution in [2.75, 3.05) is 13.1 Å². The molecule has 2 N–H and O–H groups in total. The van der Waals surface area contributed by atoms with Crippen LogP contribution in [0.15, 0.2) is 0 Å². The molecule has 0 aromatic rings. The Balaban J connectivity index is 3.02. The van der Waals surface area contributed by atoms with Gasteiger partial charge in [-0.15, -0.1) is 0 Å². The minimum Gasteiger partial charge on any atom is -0.297 e. The van der Waals surface area contributed by atoms with Crippen molar-refractivity contribution in [3.8, 4) is 12.1 Å². The molecule has 1 aliphatic heterocycles. The van der Waals surface area contributed by atoms with Crippen molar-refractivity contribution in [1.82, 2.24) is 10.6 Å². The third-order valence-electron chi connectivity index (χ3n) is 2.76. The summed E-state index contributed by atoms with van der Waals surface area (Å²) < 4.78 is 0. The van der Waals surface area contributed by atoms with Gasteiger partial charge in [0, 0.05) is 0 Å². The Kier molecular flexibility index (Phi) is 2.56. The second-order valence-corrected chi connectivity index (χ2v) is 3.68. The molecule has 0 radical (unpaired) electrons. The summed E-state index contributed by atoms with van der Waals surface area (Å²) in [5.74, 6) is 0. The highest BCUT2D eigenvalue weighted by atomic mass is 15.1. The lowest BCUT2D eigenvalue weighted by Gasteiger charge is -2.35. The Morgan fingerprint density at radius 1 is 1.00 bits per heavy atom. The van der Waals surface area contributed by atoms with Crippen LogP contribution in [0.25, 0.3) is 0 Å². The Morgan fingerprint density at radius 3 is 1.69 bits per heavy atom. The van der Waals surface area contributed by atoms with Crippen LogP contribution in [0.2, 0.25) is 0 Å². The summed E-state index contributed by atoms with van der Waals surface area (Å²) in [4.78, 5) is 0. The predicted molar refractivity (Wildman–Crippen MR) is 48.7 cm³/mol. The summed E-state index contributed by atoms with van der Waals surface area (Å²) in [6.45, 7) is 5.06.